The molecule has 2 aliphatic rings. The summed E-state index contributed by atoms with van der Waals surface area (Å²) in [7, 11) is -7.63. The first-order valence-corrected chi connectivity index (χ1v) is 23.5. The van der Waals surface area contributed by atoms with Crippen LogP contribution >= 0.6 is 12.4 Å². The van der Waals surface area contributed by atoms with Crippen molar-refractivity contribution < 1.29 is 46.2 Å². The van der Waals surface area contributed by atoms with Crippen LogP contribution in [0, 0.1) is 13.8 Å². The molecule has 20 nitrogen and oxygen atoms in total. The van der Waals surface area contributed by atoms with Crippen molar-refractivity contribution in [2.75, 3.05) is 13.1 Å². The van der Waals surface area contributed by atoms with Gasteiger partial charge in [-0.1, -0.05) is 35.4 Å². The third-order valence-electron chi connectivity index (χ3n) is 10.5. The van der Waals surface area contributed by atoms with Gasteiger partial charge >= 0.3 is 6.09 Å². The summed E-state index contributed by atoms with van der Waals surface area (Å²) in [6.45, 7) is 9.49. The van der Waals surface area contributed by atoms with Crippen LogP contribution in [0.25, 0.3) is 22.3 Å². The molecule has 0 radical (unpaired) electrons. The van der Waals surface area contributed by atoms with E-state index >= 15 is 0 Å². The molecule has 23 heteroatoms. The van der Waals surface area contributed by atoms with Crippen LogP contribution in [0.2, 0.25) is 0 Å². The normalized spacial score (nSPS) is 18.6. The second kappa shape index (κ2) is 19.8. The Bertz CT molecular complexity index is 2960. The maximum absolute atomic E-state index is 13.0. The number of aliphatic hydroxyl groups is 2. The van der Waals surface area contributed by atoms with Gasteiger partial charge < -0.3 is 30.9 Å². The van der Waals surface area contributed by atoms with Crippen LogP contribution in [-0.4, -0.2) is 121 Å². The first kappa shape index (κ1) is 49.4. The maximum atomic E-state index is 13.0. The molecule has 0 bridgehead atoms. The van der Waals surface area contributed by atoms with E-state index in [0.29, 0.717) is 35.4 Å². The Balaban J connectivity index is 0.000000220. The Hall–Kier alpha value is -6.04. The van der Waals surface area contributed by atoms with Gasteiger partial charge in [0.25, 0.3) is 20.0 Å². The summed E-state index contributed by atoms with van der Waals surface area (Å²) in [5.74, 6) is -0.679. The summed E-state index contributed by atoms with van der Waals surface area (Å²) in [5.41, 5.74) is 3.25. The van der Waals surface area contributed by atoms with Crippen LogP contribution in [0.5, 0.6) is 0 Å². The lowest BCUT2D eigenvalue weighted by atomic mass is 10.2. The monoisotopic (exact) mass is 966 g/mol. The van der Waals surface area contributed by atoms with Gasteiger partial charge in [-0.15, -0.1) is 12.4 Å². The molecule has 2 fully saturated rings. The average Bonchev–Trinajstić information content (AvgIpc) is 4.08. The van der Waals surface area contributed by atoms with E-state index in [2.05, 4.69) is 35.9 Å². The molecule has 66 heavy (non-hydrogen) atoms. The van der Waals surface area contributed by atoms with Gasteiger partial charge in [-0.05, 0) is 77.4 Å². The number of amides is 3. The molecule has 0 spiro atoms. The van der Waals surface area contributed by atoms with Gasteiger partial charge in [-0.25, -0.2) is 49.5 Å². The van der Waals surface area contributed by atoms with Gasteiger partial charge in [0.2, 0.25) is 11.8 Å². The number of aliphatic hydroxyl groups excluding tert-OH is 2. The minimum Gasteiger partial charge on any atom is -0.444 e. The average molecular weight is 968 g/mol. The molecule has 6 aromatic rings. The van der Waals surface area contributed by atoms with Gasteiger partial charge in [0.1, 0.15) is 22.7 Å². The number of nitrogens with zero attached hydrogens (tertiary/aromatic N) is 7. The molecule has 0 unspecified atom stereocenters. The van der Waals surface area contributed by atoms with Crippen LogP contribution in [0.1, 0.15) is 56.1 Å². The van der Waals surface area contributed by atoms with Crippen molar-refractivity contribution in [3.63, 3.8) is 0 Å². The fourth-order valence-corrected chi connectivity index (χ4v) is 9.75. The number of nitrogens with one attached hydrogen (secondary N) is 3. The number of aryl methyl sites for hydroxylation is 2. The molecule has 0 saturated carbocycles. The highest BCUT2D eigenvalue weighted by atomic mass is 35.5. The summed E-state index contributed by atoms with van der Waals surface area (Å²) in [5, 5.41) is 27.9. The van der Waals surface area contributed by atoms with E-state index in [1.165, 1.54) is 47.9 Å². The number of rotatable bonds is 10. The van der Waals surface area contributed by atoms with E-state index in [9.17, 15) is 41.4 Å². The summed E-state index contributed by atoms with van der Waals surface area (Å²) in [4.78, 5) is 56.3. The minimum atomic E-state index is -3.85. The highest BCUT2D eigenvalue weighted by Crippen LogP contribution is 2.24. The van der Waals surface area contributed by atoms with E-state index in [4.69, 9.17) is 4.74 Å². The lowest BCUT2D eigenvalue weighted by Gasteiger charge is -2.27. The van der Waals surface area contributed by atoms with Crippen molar-refractivity contribution in [2.45, 2.75) is 100 Å². The van der Waals surface area contributed by atoms with Gasteiger partial charge in [0.15, 0.2) is 11.3 Å². The molecule has 8 rings (SSSR count). The number of ether oxygens (including phenoxy) is 1. The number of halogens is 1. The van der Waals surface area contributed by atoms with E-state index in [0.717, 1.165) is 19.1 Å². The topological polar surface area (TPSA) is 270 Å². The predicted octanol–water partition coefficient (Wildman–Crippen LogP) is 2.70. The third kappa shape index (κ3) is 11.1. The molecular weight excluding hydrogens is 916 g/mol. The maximum Gasteiger partial charge on any atom is 0.411 e. The molecule has 2 aliphatic heterocycles. The number of β-amino-alcohol motifs (C(OH)–C–C–N with tert-alkyl or cyclic N) is 2. The SMILES string of the molecule is Cc1ccc(S(=O)(=O)n2ccc3nc(CNC(=O)[C@H]4C[C@@H](O)CN4)cnc32)cc1.Cc1ccc(S(=O)(=O)n2ccc3nc(CNC(=O)[C@H]4C[C@@H](O)CN4C(=O)OC(C)(C)C)cnc32)cc1.Cl. The molecule has 3 amide bonds. The van der Waals surface area contributed by atoms with E-state index in [1.807, 2.05) is 13.8 Å². The fourth-order valence-electron chi connectivity index (χ4n) is 7.16. The number of carbonyl (C=O) groups is 3. The molecule has 2 aromatic carbocycles. The van der Waals surface area contributed by atoms with Crippen molar-refractivity contribution >= 4 is 72.7 Å². The first-order chi connectivity index (χ1) is 30.7. The number of benzene rings is 2. The van der Waals surface area contributed by atoms with Crippen molar-refractivity contribution in [3.8, 4) is 0 Å². The Morgan fingerprint density at radius 1 is 0.727 bits per heavy atom. The zero-order chi connectivity index (χ0) is 46.8. The van der Waals surface area contributed by atoms with Gasteiger partial charge in [-0.2, -0.15) is 0 Å². The number of fused-ring (bicyclic) bond motifs is 2. The number of carbonyl (C=O) groups excluding carboxylic acids is 3. The number of hydrogen-bond acceptors (Lipinski definition) is 15. The Labute approximate surface area is 387 Å². The van der Waals surface area contributed by atoms with Gasteiger partial charge in [-0.3, -0.25) is 14.5 Å². The van der Waals surface area contributed by atoms with E-state index in [1.54, 1.807) is 63.2 Å². The van der Waals surface area contributed by atoms with Crippen LogP contribution in [0.3, 0.4) is 0 Å². The third-order valence-corrected chi connectivity index (χ3v) is 13.8. The predicted molar refractivity (Wildman–Crippen MR) is 243 cm³/mol. The Kier molecular flexibility index (Phi) is 14.8. The summed E-state index contributed by atoms with van der Waals surface area (Å²) in [6.07, 6.45) is 4.09. The molecule has 5 N–H and O–H groups in total. The van der Waals surface area contributed by atoms with E-state index in [-0.39, 0.29) is 65.5 Å². The number of aromatic nitrogens is 6. The van der Waals surface area contributed by atoms with E-state index < -0.39 is 61.9 Å². The highest BCUT2D eigenvalue weighted by molar-refractivity contribution is 7.90. The highest BCUT2D eigenvalue weighted by Gasteiger charge is 2.41. The molecule has 352 valence electrons. The molecule has 2 saturated heterocycles. The van der Waals surface area contributed by atoms with Crippen LogP contribution in [-0.2, 0) is 47.5 Å². The Morgan fingerprint density at radius 3 is 1.64 bits per heavy atom. The molecule has 6 heterocycles. The van der Waals surface area contributed by atoms with Gasteiger partial charge in [0, 0.05) is 25.4 Å². The van der Waals surface area contributed by atoms with Gasteiger partial charge in [0.05, 0.1) is 71.5 Å². The Morgan fingerprint density at radius 2 is 1.20 bits per heavy atom. The molecular formula is C43H51ClN10O10S2. The fraction of sp³-hybridized carbons (Fsp3) is 0.372. The van der Waals surface area contributed by atoms with Crippen molar-refractivity contribution in [1.29, 1.82) is 0 Å². The largest absolute Gasteiger partial charge is 0.444 e. The molecule has 4 atom stereocenters. The zero-order valence-corrected chi connectivity index (χ0v) is 39.1. The summed E-state index contributed by atoms with van der Waals surface area (Å²) < 4.78 is 59.4. The molecule has 4 aromatic heterocycles. The van der Waals surface area contributed by atoms with Crippen molar-refractivity contribution in [2.24, 2.45) is 0 Å². The zero-order valence-electron chi connectivity index (χ0n) is 36.7. The summed E-state index contributed by atoms with van der Waals surface area (Å²) >= 11 is 0. The summed E-state index contributed by atoms with van der Waals surface area (Å²) in [6, 6.07) is 14.9. The minimum absolute atomic E-state index is 0. The lowest BCUT2D eigenvalue weighted by molar-refractivity contribution is -0.125. The first-order valence-electron chi connectivity index (χ1n) is 20.6. The lowest BCUT2D eigenvalue weighted by Crippen LogP contribution is -2.47. The smallest absolute Gasteiger partial charge is 0.411 e. The van der Waals surface area contributed by atoms with Crippen molar-refractivity contribution in [1.82, 2.24) is 48.7 Å². The van der Waals surface area contributed by atoms with Crippen molar-refractivity contribution in [3.05, 3.63) is 108 Å². The quantitative estimate of drug-likeness (QED) is 0.132. The number of hydrogen-bond donors (Lipinski definition) is 5. The van der Waals surface area contributed by atoms with Crippen LogP contribution in [0.15, 0.2) is 95.2 Å². The van der Waals surface area contributed by atoms with Crippen LogP contribution in [0.4, 0.5) is 4.79 Å². The number of likely N-dealkylation sites (tertiary alicyclic amines) is 1. The van der Waals surface area contributed by atoms with Crippen LogP contribution < -0.4 is 16.0 Å². The second-order valence-corrected chi connectivity index (χ2v) is 20.5. The second-order valence-electron chi connectivity index (χ2n) is 16.8. The molecule has 0 aliphatic carbocycles. The standard InChI is InChI=1S/C24H29N5O6S.C19H21N5O4S.ClH/c1-15-5-7-18(8-6-15)36(33,34)29-10-9-19-21(29)25-12-16(27-19)13-26-22(31)20-11-17(30)14-28(20)23(32)35-24(2,3)4;1-12-2-4-15(5-3-12)29(27,28)24-7-6-16-18(24)21-9-13(23-16)10-22-19(26)17-8-14(25)11-20-17;/h5-10,12,17,20,30H,11,13-14H2,1-4H3,(H,26,31);2-7,9,14,17,20,25H,8,10-11H2,1H3,(H,22,26);1H/t17-,20-;14-,17-;/m11./s1.